The average Bonchev–Trinajstić information content (AvgIpc) is 2.80. The highest BCUT2D eigenvalue weighted by Crippen LogP contribution is 2.42. The third kappa shape index (κ3) is 3.99. The van der Waals surface area contributed by atoms with E-state index in [2.05, 4.69) is 0 Å². The highest BCUT2D eigenvalue weighted by Gasteiger charge is 2.48. The van der Waals surface area contributed by atoms with E-state index < -0.39 is 64.9 Å². The number of aliphatic hydroxyl groups excluding tert-OH is 3. The van der Waals surface area contributed by atoms with Gasteiger partial charge in [-0.15, -0.1) is 0 Å². The van der Waals surface area contributed by atoms with Crippen LogP contribution >= 0.6 is 0 Å². The second kappa shape index (κ2) is 8.83. The van der Waals surface area contributed by atoms with Gasteiger partial charge in [-0.25, -0.2) is 4.79 Å². The molecule has 1 aliphatic rings. The van der Waals surface area contributed by atoms with E-state index in [1.165, 1.54) is 7.11 Å². The van der Waals surface area contributed by atoms with Crippen molar-refractivity contribution < 1.29 is 54.1 Å². The Bertz CT molecular complexity index is 1280. The van der Waals surface area contributed by atoms with Gasteiger partial charge in [0, 0.05) is 17.7 Å². The fourth-order valence-corrected chi connectivity index (χ4v) is 3.56. The Morgan fingerprint density at radius 2 is 1.65 bits per heavy atom. The normalized spacial score (nSPS) is 24.6. The maximum Gasteiger partial charge on any atom is 0.335 e. The van der Waals surface area contributed by atoms with Gasteiger partial charge in [0.15, 0.2) is 22.9 Å². The van der Waals surface area contributed by atoms with Crippen LogP contribution in [0.15, 0.2) is 45.6 Å². The largest absolute Gasteiger partial charge is 0.507 e. The number of aliphatic hydroxyl groups is 3. The van der Waals surface area contributed by atoms with Crippen LogP contribution in [0, 0.1) is 0 Å². The summed E-state index contributed by atoms with van der Waals surface area (Å²) >= 11 is 0. The molecule has 12 nitrogen and oxygen atoms in total. The second-order valence-electron chi connectivity index (χ2n) is 7.50. The molecule has 3 aromatic rings. The Balaban J connectivity index is 1.82. The summed E-state index contributed by atoms with van der Waals surface area (Å²) in [7, 11) is 1.48. The van der Waals surface area contributed by atoms with Gasteiger partial charge in [-0.3, -0.25) is 4.79 Å². The van der Waals surface area contributed by atoms with E-state index in [-0.39, 0.29) is 11.1 Å². The van der Waals surface area contributed by atoms with Crippen molar-refractivity contribution in [3.63, 3.8) is 0 Å². The first kappa shape index (κ1) is 23.3. The standard InChI is InChI=1S/C22H20O12/c1-31-9-4-2-8(3-5-9)13-7-11(24)14-10(23)6-12(25)18(19(14)32-13)33-22-17(28)15(26)16(27)20(34-22)21(29)30/h2-7,15-17,20,22-23,25-28H,1H3,(H,29,30)/t15-,16-,17?,20?,22+/m0/s1. The van der Waals surface area contributed by atoms with Crippen molar-refractivity contribution >= 4 is 16.9 Å². The molecule has 34 heavy (non-hydrogen) atoms. The molecule has 0 amide bonds. The zero-order chi connectivity index (χ0) is 24.7. The lowest BCUT2D eigenvalue weighted by Crippen LogP contribution is -2.61. The summed E-state index contributed by atoms with van der Waals surface area (Å²) in [5.74, 6) is -3.00. The third-order valence-electron chi connectivity index (χ3n) is 5.34. The number of aliphatic carboxylic acids is 1. The highest BCUT2D eigenvalue weighted by atomic mass is 16.7. The van der Waals surface area contributed by atoms with Crippen LogP contribution in [0.2, 0.25) is 0 Å². The molecule has 0 saturated carbocycles. The van der Waals surface area contributed by atoms with Crippen molar-refractivity contribution in [2.45, 2.75) is 30.7 Å². The molecule has 2 unspecified atom stereocenters. The van der Waals surface area contributed by atoms with Crippen LogP contribution in [0.4, 0.5) is 0 Å². The van der Waals surface area contributed by atoms with Gasteiger partial charge in [0.05, 0.1) is 7.11 Å². The van der Waals surface area contributed by atoms with E-state index in [1.807, 2.05) is 0 Å². The highest BCUT2D eigenvalue weighted by molar-refractivity contribution is 5.91. The number of hydrogen-bond donors (Lipinski definition) is 6. The second-order valence-corrected chi connectivity index (χ2v) is 7.50. The fourth-order valence-electron chi connectivity index (χ4n) is 3.56. The minimum atomic E-state index is -1.97. The zero-order valence-electron chi connectivity index (χ0n) is 17.5. The van der Waals surface area contributed by atoms with Gasteiger partial charge in [-0.1, -0.05) is 0 Å². The van der Waals surface area contributed by atoms with Crippen LogP contribution in [0.3, 0.4) is 0 Å². The number of benzene rings is 2. The molecule has 1 aliphatic heterocycles. The predicted octanol–water partition coefficient (Wildman–Crippen LogP) is 0.151. The number of hydrogen-bond acceptors (Lipinski definition) is 11. The first-order valence-electron chi connectivity index (χ1n) is 9.88. The Labute approximate surface area is 190 Å². The maximum atomic E-state index is 12.8. The molecule has 4 rings (SSSR count). The number of carboxylic acids is 1. The monoisotopic (exact) mass is 476 g/mol. The van der Waals surface area contributed by atoms with Crippen LogP contribution in [0.5, 0.6) is 23.0 Å². The number of carboxylic acid groups (broad SMARTS) is 1. The van der Waals surface area contributed by atoms with Crippen LogP contribution < -0.4 is 14.9 Å². The summed E-state index contributed by atoms with van der Waals surface area (Å²) < 4.78 is 21.3. The molecule has 0 radical (unpaired) electrons. The van der Waals surface area contributed by atoms with Crippen LogP contribution in [-0.2, 0) is 9.53 Å². The fraction of sp³-hybridized carbons (Fsp3) is 0.273. The molecule has 0 aliphatic carbocycles. The SMILES string of the molecule is COc1ccc(-c2cc(=O)c3c(O)cc(O)c(O[C@@H]4OC(C(=O)O)[C@@H](O)[C@H](O)C4O)c3o2)cc1. The lowest BCUT2D eigenvalue weighted by atomic mass is 9.99. The summed E-state index contributed by atoms with van der Waals surface area (Å²) in [6.07, 6.45) is -9.72. The van der Waals surface area contributed by atoms with Crippen molar-refractivity contribution in [3.05, 3.63) is 46.6 Å². The van der Waals surface area contributed by atoms with E-state index in [9.17, 15) is 40.2 Å². The lowest BCUT2D eigenvalue weighted by Gasteiger charge is -2.38. The predicted molar refractivity (Wildman–Crippen MR) is 113 cm³/mol. The first-order chi connectivity index (χ1) is 16.1. The number of methoxy groups -OCH3 is 1. The summed E-state index contributed by atoms with van der Waals surface area (Å²) in [6.45, 7) is 0. The van der Waals surface area contributed by atoms with Crippen LogP contribution in [-0.4, -0.2) is 74.4 Å². The van der Waals surface area contributed by atoms with Gasteiger partial charge in [-0.2, -0.15) is 0 Å². The smallest absolute Gasteiger partial charge is 0.335 e. The molecule has 12 heteroatoms. The van der Waals surface area contributed by atoms with Gasteiger partial charge in [0.2, 0.25) is 12.0 Å². The van der Waals surface area contributed by atoms with Gasteiger partial charge < -0.3 is 49.3 Å². The molecule has 2 heterocycles. The third-order valence-corrected chi connectivity index (χ3v) is 5.34. The number of fused-ring (bicyclic) bond motifs is 1. The number of rotatable bonds is 5. The van der Waals surface area contributed by atoms with E-state index in [0.29, 0.717) is 11.3 Å². The number of phenols is 2. The summed E-state index contributed by atoms with van der Waals surface area (Å²) in [5, 5.41) is 59.5. The van der Waals surface area contributed by atoms with Crippen LogP contribution in [0.1, 0.15) is 0 Å². The Morgan fingerprint density at radius 1 is 0.971 bits per heavy atom. The topological polar surface area (TPSA) is 196 Å². The molecule has 180 valence electrons. The first-order valence-corrected chi connectivity index (χ1v) is 9.88. The van der Waals surface area contributed by atoms with Crippen molar-refractivity contribution in [1.29, 1.82) is 0 Å². The van der Waals surface area contributed by atoms with Crippen LogP contribution in [0.25, 0.3) is 22.3 Å². The Hall–Kier alpha value is -3.84. The number of ether oxygens (including phenoxy) is 3. The minimum Gasteiger partial charge on any atom is -0.507 e. The van der Waals surface area contributed by atoms with Gasteiger partial charge >= 0.3 is 5.97 Å². The lowest BCUT2D eigenvalue weighted by molar-refractivity contribution is -0.271. The molecule has 1 aromatic heterocycles. The quantitative estimate of drug-likeness (QED) is 0.292. The zero-order valence-corrected chi connectivity index (χ0v) is 17.5. The summed E-state index contributed by atoms with van der Waals surface area (Å²) in [5.41, 5.74) is -0.690. The minimum absolute atomic E-state index is 0.0268. The molecule has 0 bridgehead atoms. The van der Waals surface area contributed by atoms with Gasteiger partial charge in [0.25, 0.3) is 0 Å². The van der Waals surface area contributed by atoms with E-state index in [4.69, 9.17) is 18.6 Å². The number of carbonyl (C=O) groups is 1. The molecular formula is C22H20O12. The Morgan fingerprint density at radius 3 is 2.26 bits per heavy atom. The summed E-state index contributed by atoms with van der Waals surface area (Å²) in [6, 6.07) is 8.31. The molecule has 2 aromatic carbocycles. The average molecular weight is 476 g/mol. The maximum absolute atomic E-state index is 12.8. The molecule has 6 N–H and O–H groups in total. The number of aromatic hydroxyl groups is 2. The van der Waals surface area contributed by atoms with Gasteiger partial charge in [-0.05, 0) is 24.3 Å². The summed E-state index contributed by atoms with van der Waals surface area (Å²) in [4.78, 5) is 24.1. The molecule has 1 fully saturated rings. The van der Waals surface area contributed by atoms with Crippen molar-refractivity contribution in [2.24, 2.45) is 0 Å². The molecule has 5 atom stereocenters. The number of phenolic OH excluding ortho intramolecular Hbond substituents is 2. The van der Waals surface area contributed by atoms with Crippen molar-refractivity contribution in [2.75, 3.05) is 7.11 Å². The van der Waals surface area contributed by atoms with Gasteiger partial charge in [0.1, 0.15) is 41.0 Å². The van der Waals surface area contributed by atoms with E-state index in [0.717, 1.165) is 12.1 Å². The molecular weight excluding hydrogens is 456 g/mol. The van der Waals surface area contributed by atoms with E-state index in [1.54, 1.807) is 24.3 Å². The van der Waals surface area contributed by atoms with E-state index >= 15 is 0 Å². The van der Waals surface area contributed by atoms with Crippen molar-refractivity contribution in [3.8, 4) is 34.3 Å². The molecule has 1 saturated heterocycles. The molecule has 0 spiro atoms. The Kier molecular flexibility index (Phi) is 6.06. The van der Waals surface area contributed by atoms with Crippen molar-refractivity contribution in [1.82, 2.24) is 0 Å².